The molecule has 1 aliphatic carbocycles. The van der Waals surface area contributed by atoms with Crippen LogP contribution in [-0.2, 0) is 4.79 Å². The van der Waals surface area contributed by atoms with Gasteiger partial charge >= 0.3 is 6.01 Å². The van der Waals surface area contributed by atoms with E-state index in [0.717, 1.165) is 45.3 Å². The van der Waals surface area contributed by atoms with E-state index in [4.69, 9.17) is 4.52 Å². The molecule has 0 radical (unpaired) electrons. The molecule has 1 aromatic rings. The van der Waals surface area contributed by atoms with Gasteiger partial charge in [0.05, 0.1) is 12.6 Å². The summed E-state index contributed by atoms with van der Waals surface area (Å²) in [5, 5.41) is 14.0. The van der Waals surface area contributed by atoms with Gasteiger partial charge in [0.15, 0.2) is 5.82 Å². The highest BCUT2D eigenvalue weighted by Crippen LogP contribution is 2.42. The van der Waals surface area contributed by atoms with Gasteiger partial charge in [0.25, 0.3) is 0 Å². The van der Waals surface area contributed by atoms with E-state index in [-0.39, 0.29) is 24.6 Å². The maximum Gasteiger partial charge on any atom is 0.324 e. The summed E-state index contributed by atoms with van der Waals surface area (Å²) in [5.74, 6) is 0.845. The molecule has 31 heavy (non-hydrogen) atoms. The zero-order valence-electron chi connectivity index (χ0n) is 19.6. The summed E-state index contributed by atoms with van der Waals surface area (Å²) < 4.78 is 5.41. The molecule has 1 N–H and O–H groups in total. The van der Waals surface area contributed by atoms with Gasteiger partial charge in [-0.25, -0.2) is 0 Å². The fourth-order valence-corrected chi connectivity index (χ4v) is 6.00. The van der Waals surface area contributed by atoms with Crippen LogP contribution in [0.25, 0.3) is 0 Å². The van der Waals surface area contributed by atoms with E-state index < -0.39 is 0 Å². The average Bonchev–Trinajstić information content (AvgIpc) is 3.15. The summed E-state index contributed by atoms with van der Waals surface area (Å²) in [6.07, 6.45) is 7.77. The molecule has 3 unspecified atom stereocenters. The van der Waals surface area contributed by atoms with Gasteiger partial charge in [-0.15, -0.1) is 0 Å². The van der Waals surface area contributed by atoms with Gasteiger partial charge in [-0.2, -0.15) is 4.98 Å². The topological polar surface area (TPSA) is 85.9 Å². The van der Waals surface area contributed by atoms with E-state index in [1.165, 1.54) is 19.3 Å². The Kier molecular flexibility index (Phi) is 6.58. The van der Waals surface area contributed by atoms with Gasteiger partial charge in [-0.3, -0.25) is 4.79 Å². The van der Waals surface area contributed by atoms with E-state index in [0.29, 0.717) is 29.3 Å². The molecule has 174 valence electrons. The summed E-state index contributed by atoms with van der Waals surface area (Å²) in [4.78, 5) is 23.6. The number of anilines is 1. The SMILES string of the molecule is CC(=O)N(CC1(C)CCC1)C1CCN(C2CC(C)N(c3nc(C)no3)C(CO)C2)CC1. The van der Waals surface area contributed by atoms with Crippen LogP contribution in [0.1, 0.15) is 71.5 Å². The molecule has 8 heteroatoms. The number of aromatic nitrogens is 2. The van der Waals surface area contributed by atoms with Crippen LogP contribution in [0.2, 0.25) is 0 Å². The Hall–Kier alpha value is -1.67. The van der Waals surface area contributed by atoms with Crippen molar-refractivity contribution in [2.24, 2.45) is 5.41 Å². The van der Waals surface area contributed by atoms with Crippen molar-refractivity contribution < 1.29 is 14.4 Å². The number of hydrogen-bond donors (Lipinski definition) is 1. The number of aliphatic hydroxyl groups excluding tert-OH is 1. The van der Waals surface area contributed by atoms with Gasteiger partial charge in [0, 0.05) is 44.7 Å². The van der Waals surface area contributed by atoms with Crippen LogP contribution < -0.4 is 4.90 Å². The molecule has 3 fully saturated rings. The van der Waals surface area contributed by atoms with E-state index in [1.54, 1.807) is 6.92 Å². The number of rotatable bonds is 6. The van der Waals surface area contributed by atoms with Crippen molar-refractivity contribution in [1.82, 2.24) is 19.9 Å². The van der Waals surface area contributed by atoms with E-state index >= 15 is 0 Å². The lowest BCUT2D eigenvalue weighted by molar-refractivity contribution is -0.135. The summed E-state index contributed by atoms with van der Waals surface area (Å²) >= 11 is 0. The maximum absolute atomic E-state index is 12.4. The Balaban J connectivity index is 1.35. The molecule has 0 bridgehead atoms. The van der Waals surface area contributed by atoms with Gasteiger partial charge < -0.3 is 24.3 Å². The predicted octanol–water partition coefficient (Wildman–Crippen LogP) is 2.60. The standard InChI is InChI=1S/C23H39N5O3/c1-16-12-20(13-21(14-29)28(16)22-24-17(2)25-31-22)26-10-6-19(7-11-26)27(18(3)30)15-23(4)8-5-9-23/h16,19-21,29H,5-15H2,1-4H3. The summed E-state index contributed by atoms with van der Waals surface area (Å²) in [6.45, 7) is 11.1. The van der Waals surface area contributed by atoms with Crippen LogP contribution in [0.5, 0.6) is 0 Å². The highest BCUT2D eigenvalue weighted by atomic mass is 16.5. The highest BCUT2D eigenvalue weighted by Gasteiger charge is 2.41. The highest BCUT2D eigenvalue weighted by molar-refractivity contribution is 5.73. The van der Waals surface area contributed by atoms with Crippen LogP contribution in [-0.4, -0.2) is 81.4 Å². The number of aryl methyl sites for hydroxylation is 1. The third-order valence-electron chi connectivity index (χ3n) is 7.95. The normalized spacial score (nSPS) is 29.6. The van der Waals surface area contributed by atoms with Gasteiger partial charge in [-0.1, -0.05) is 18.5 Å². The Labute approximate surface area is 185 Å². The Morgan fingerprint density at radius 2 is 2.00 bits per heavy atom. The fourth-order valence-electron chi connectivity index (χ4n) is 6.00. The van der Waals surface area contributed by atoms with Crippen LogP contribution in [0.3, 0.4) is 0 Å². The number of hydrogen-bond acceptors (Lipinski definition) is 7. The smallest absolute Gasteiger partial charge is 0.324 e. The molecule has 8 nitrogen and oxygen atoms in total. The second kappa shape index (κ2) is 9.06. The molecule has 3 atom stereocenters. The summed E-state index contributed by atoms with van der Waals surface area (Å²) in [5.41, 5.74) is 0.326. The number of carbonyl (C=O) groups excluding carboxylic acids is 1. The molecular weight excluding hydrogens is 394 g/mol. The van der Waals surface area contributed by atoms with Crippen molar-refractivity contribution >= 4 is 11.9 Å². The molecule has 0 spiro atoms. The number of nitrogens with zero attached hydrogens (tertiary/aromatic N) is 5. The van der Waals surface area contributed by atoms with Crippen LogP contribution in [0, 0.1) is 12.3 Å². The second-order valence-electron chi connectivity index (χ2n) is 10.4. The minimum absolute atomic E-state index is 0.0152. The Bertz CT molecular complexity index is 756. The first kappa shape index (κ1) is 22.5. The molecule has 1 amide bonds. The average molecular weight is 434 g/mol. The van der Waals surface area contributed by atoms with E-state index in [1.807, 2.05) is 6.92 Å². The number of likely N-dealkylation sites (tertiary alicyclic amines) is 1. The third kappa shape index (κ3) is 4.75. The maximum atomic E-state index is 12.4. The van der Waals surface area contributed by atoms with E-state index in [9.17, 15) is 9.90 Å². The zero-order valence-corrected chi connectivity index (χ0v) is 19.6. The molecule has 3 heterocycles. The van der Waals surface area contributed by atoms with Crippen molar-refractivity contribution in [1.29, 1.82) is 0 Å². The Morgan fingerprint density at radius 1 is 1.29 bits per heavy atom. The lowest BCUT2D eigenvalue weighted by Crippen LogP contribution is -2.58. The number of amides is 1. The van der Waals surface area contributed by atoms with Gasteiger partial charge in [-0.05, 0) is 57.8 Å². The lowest BCUT2D eigenvalue weighted by Gasteiger charge is -2.49. The molecule has 1 aromatic heterocycles. The van der Waals surface area contributed by atoms with Crippen LogP contribution in [0.4, 0.5) is 6.01 Å². The lowest BCUT2D eigenvalue weighted by atomic mass is 9.70. The monoisotopic (exact) mass is 433 g/mol. The fraction of sp³-hybridized carbons (Fsp3) is 0.870. The zero-order chi connectivity index (χ0) is 22.2. The molecule has 3 aliphatic rings. The third-order valence-corrected chi connectivity index (χ3v) is 7.95. The van der Waals surface area contributed by atoms with Crippen molar-refractivity contribution in [3.8, 4) is 0 Å². The van der Waals surface area contributed by atoms with Crippen molar-refractivity contribution in [3.05, 3.63) is 5.82 Å². The molecule has 4 rings (SSSR count). The first-order valence-electron chi connectivity index (χ1n) is 12.0. The Morgan fingerprint density at radius 3 is 2.52 bits per heavy atom. The van der Waals surface area contributed by atoms with Crippen molar-refractivity contribution in [2.75, 3.05) is 31.1 Å². The molecule has 2 aliphatic heterocycles. The minimum atomic E-state index is -0.0152. The first-order valence-corrected chi connectivity index (χ1v) is 12.0. The van der Waals surface area contributed by atoms with Gasteiger partial charge in [0.1, 0.15) is 0 Å². The summed E-state index contributed by atoms with van der Waals surface area (Å²) in [6, 6.07) is 1.52. The van der Waals surface area contributed by atoms with E-state index in [2.05, 4.69) is 38.7 Å². The number of carbonyl (C=O) groups is 1. The quantitative estimate of drug-likeness (QED) is 0.738. The number of piperidine rings is 2. The van der Waals surface area contributed by atoms with Crippen molar-refractivity contribution in [3.63, 3.8) is 0 Å². The minimum Gasteiger partial charge on any atom is -0.394 e. The molecule has 2 saturated heterocycles. The molecular formula is C23H39N5O3. The number of aliphatic hydroxyl groups is 1. The van der Waals surface area contributed by atoms with Crippen LogP contribution in [0.15, 0.2) is 4.52 Å². The van der Waals surface area contributed by atoms with Crippen molar-refractivity contribution in [2.45, 2.75) is 96.8 Å². The van der Waals surface area contributed by atoms with Crippen LogP contribution >= 0.6 is 0 Å². The first-order chi connectivity index (χ1) is 14.8. The predicted molar refractivity (Wildman–Crippen MR) is 119 cm³/mol. The second-order valence-corrected chi connectivity index (χ2v) is 10.4. The largest absolute Gasteiger partial charge is 0.394 e. The molecule has 0 aromatic carbocycles. The van der Waals surface area contributed by atoms with Gasteiger partial charge in [0.2, 0.25) is 5.91 Å². The molecule has 1 saturated carbocycles. The summed E-state index contributed by atoms with van der Waals surface area (Å²) in [7, 11) is 0.